The Bertz CT molecular complexity index is 872. The number of carbonyl (C=O) groups is 3. The highest BCUT2D eigenvalue weighted by Crippen LogP contribution is 2.25. The molecule has 0 saturated heterocycles. The maximum atomic E-state index is 11.8. The lowest BCUT2D eigenvalue weighted by Crippen LogP contribution is -2.39. The van der Waals surface area contributed by atoms with Crippen LogP contribution in [-0.4, -0.2) is 24.3 Å². The second-order valence-corrected chi connectivity index (χ2v) is 6.50. The zero-order valence-corrected chi connectivity index (χ0v) is 15.8. The highest BCUT2D eigenvalue weighted by atomic mass is 35.5. The molecule has 26 heavy (non-hydrogen) atoms. The summed E-state index contributed by atoms with van der Waals surface area (Å²) in [5.74, 6) is -2.40. The third kappa shape index (κ3) is 5.62. The van der Waals surface area contributed by atoms with Gasteiger partial charge in [0.15, 0.2) is 0 Å². The molecule has 0 atom stereocenters. The first-order valence-corrected chi connectivity index (χ1v) is 8.50. The minimum atomic E-state index is -0.965. The van der Waals surface area contributed by atoms with Crippen molar-refractivity contribution in [2.24, 2.45) is 0 Å². The van der Waals surface area contributed by atoms with Gasteiger partial charge in [-0.1, -0.05) is 40.9 Å². The minimum absolute atomic E-state index is 0.237. The van der Waals surface area contributed by atoms with Crippen molar-refractivity contribution in [1.82, 2.24) is 5.32 Å². The van der Waals surface area contributed by atoms with E-state index >= 15 is 0 Å². The zero-order chi connectivity index (χ0) is 19.3. The predicted molar refractivity (Wildman–Crippen MR) is 103 cm³/mol. The summed E-state index contributed by atoms with van der Waals surface area (Å²) in [4.78, 5) is 35.4. The molecule has 3 N–H and O–H groups in total. The zero-order valence-electron chi connectivity index (χ0n) is 13.5. The molecule has 0 radical (unpaired) electrons. The van der Waals surface area contributed by atoms with E-state index in [2.05, 4.69) is 16.0 Å². The number of anilines is 2. The van der Waals surface area contributed by atoms with E-state index < -0.39 is 17.7 Å². The Morgan fingerprint density at radius 3 is 2.08 bits per heavy atom. The Labute approximate surface area is 164 Å². The van der Waals surface area contributed by atoms with Crippen LogP contribution < -0.4 is 16.0 Å². The average molecular weight is 415 g/mol. The number of carbonyl (C=O) groups excluding carboxylic acids is 3. The summed E-state index contributed by atoms with van der Waals surface area (Å²) in [6.07, 6.45) is 0. The summed E-state index contributed by atoms with van der Waals surface area (Å²) in [7, 11) is 0. The normalized spacial score (nSPS) is 10.2. The van der Waals surface area contributed by atoms with Gasteiger partial charge in [0.2, 0.25) is 5.91 Å². The molecule has 2 aromatic carbocycles. The number of aryl methyl sites for hydroxylation is 1. The largest absolute Gasteiger partial charge is 0.339 e. The highest BCUT2D eigenvalue weighted by molar-refractivity contribution is 6.43. The Hall–Kier alpha value is -2.28. The molecule has 136 valence electrons. The molecule has 0 aliphatic carbocycles. The van der Waals surface area contributed by atoms with Crippen molar-refractivity contribution < 1.29 is 14.4 Å². The van der Waals surface area contributed by atoms with E-state index in [1.54, 1.807) is 18.2 Å². The first-order chi connectivity index (χ1) is 12.3. The van der Waals surface area contributed by atoms with Crippen LogP contribution in [0.4, 0.5) is 11.4 Å². The summed E-state index contributed by atoms with van der Waals surface area (Å²) in [6, 6.07) is 9.40. The van der Waals surface area contributed by atoms with Crippen molar-refractivity contribution in [3.05, 3.63) is 57.0 Å². The van der Waals surface area contributed by atoms with Crippen molar-refractivity contribution in [3.63, 3.8) is 0 Å². The van der Waals surface area contributed by atoms with Crippen LogP contribution in [0, 0.1) is 6.92 Å². The highest BCUT2D eigenvalue weighted by Gasteiger charge is 2.15. The van der Waals surface area contributed by atoms with Crippen LogP contribution in [0.3, 0.4) is 0 Å². The van der Waals surface area contributed by atoms with Gasteiger partial charge in [0.05, 0.1) is 16.6 Å². The number of rotatable bonds is 4. The molecule has 0 spiro atoms. The molecule has 0 fully saturated rings. The SMILES string of the molecule is Cc1ccc(NC(=O)CNC(=O)C(=O)Nc2ccc(Cl)c(Cl)c2)cc1Cl. The van der Waals surface area contributed by atoms with Gasteiger partial charge in [0.1, 0.15) is 0 Å². The maximum absolute atomic E-state index is 11.8. The fourth-order valence-electron chi connectivity index (χ4n) is 1.88. The van der Waals surface area contributed by atoms with Crippen molar-refractivity contribution >= 4 is 63.9 Å². The molecular formula is C17H14Cl3N3O3. The third-order valence-electron chi connectivity index (χ3n) is 3.25. The summed E-state index contributed by atoms with van der Waals surface area (Å²) < 4.78 is 0. The van der Waals surface area contributed by atoms with Gasteiger partial charge in [-0.05, 0) is 42.8 Å². The van der Waals surface area contributed by atoms with E-state index in [1.807, 2.05) is 6.92 Å². The van der Waals surface area contributed by atoms with Crippen LogP contribution in [0.2, 0.25) is 15.1 Å². The van der Waals surface area contributed by atoms with Gasteiger partial charge in [-0.15, -0.1) is 0 Å². The number of amides is 3. The monoisotopic (exact) mass is 413 g/mol. The van der Waals surface area contributed by atoms with Gasteiger partial charge in [-0.25, -0.2) is 0 Å². The van der Waals surface area contributed by atoms with Crippen LogP contribution in [0.1, 0.15) is 5.56 Å². The minimum Gasteiger partial charge on any atom is -0.339 e. The van der Waals surface area contributed by atoms with Crippen molar-refractivity contribution in [1.29, 1.82) is 0 Å². The van der Waals surface area contributed by atoms with Gasteiger partial charge >= 0.3 is 11.8 Å². The summed E-state index contributed by atoms with van der Waals surface area (Å²) in [6.45, 7) is 1.46. The third-order valence-corrected chi connectivity index (χ3v) is 4.40. The van der Waals surface area contributed by atoms with Crippen molar-refractivity contribution in [3.8, 4) is 0 Å². The van der Waals surface area contributed by atoms with Crippen LogP contribution in [-0.2, 0) is 14.4 Å². The number of hydrogen-bond acceptors (Lipinski definition) is 3. The van der Waals surface area contributed by atoms with Gasteiger partial charge in [0, 0.05) is 16.4 Å². The van der Waals surface area contributed by atoms with Crippen molar-refractivity contribution in [2.45, 2.75) is 6.92 Å². The lowest BCUT2D eigenvalue weighted by Gasteiger charge is -2.09. The Morgan fingerprint density at radius 2 is 1.42 bits per heavy atom. The molecule has 0 heterocycles. The second kappa shape index (κ2) is 8.89. The molecule has 0 saturated carbocycles. The van der Waals surface area contributed by atoms with Crippen LogP contribution >= 0.6 is 34.8 Å². The van der Waals surface area contributed by atoms with Gasteiger partial charge < -0.3 is 16.0 Å². The standard InChI is InChI=1S/C17H14Cl3N3O3/c1-9-2-3-10(6-13(9)19)22-15(24)8-21-16(25)17(26)23-11-4-5-12(18)14(20)7-11/h2-7H,8H2,1H3,(H,21,25)(H,22,24)(H,23,26). The fourth-order valence-corrected chi connectivity index (χ4v) is 2.36. The van der Waals surface area contributed by atoms with Gasteiger partial charge in [-0.2, -0.15) is 0 Å². The van der Waals surface area contributed by atoms with E-state index in [9.17, 15) is 14.4 Å². The number of halogens is 3. The Morgan fingerprint density at radius 1 is 0.808 bits per heavy atom. The topological polar surface area (TPSA) is 87.3 Å². The van der Waals surface area contributed by atoms with E-state index in [0.717, 1.165) is 5.56 Å². The van der Waals surface area contributed by atoms with Gasteiger partial charge in [0.25, 0.3) is 0 Å². The smallest absolute Gasteiger partial charge is 0.313 e. The number of nitrogens with one attached hydrogen (secondary N) is 3. The van der Waals surface area contributed by atoms with Crippen LogP contribution in [0.15, 0.2) is 36.4 Å². The maximum Gasteiger partial charge on any atom is 0.313 e. The van der Waals surface area contributed by atoms with E-state index in [-0.39, 0.29) is 11.6 Å². The predicted octanol–water partition coefficient (Wildman–Crippen LogP) is 3.65. The molecule has 6 nitrogen and oxygen atoms in total. The van der Waals surface area contributed by atoms with Crippen LogP contribution in [0.5, 0.6) is 0 Å². The lowest BCUT2D eigenvalue weighted by molar-refractivity contribution is -0.136. The molecule has 9 heteroatoms. The van der Waals surface area contributed by atoms with Crippen LogP contribution in [0.25, 0.3) is 0 Å². The summed E-state index contributed by atoms with van der Waals surface area (Å²) in [5, 5.41) is 8.20. The molecule has 2 rings (SSSR count). The summed E-state index contributed by atoms with van der Waals surface area (Å²) in [5.41, 5.74) is 1.66. The Balaban J connectivity index is 1.84. The Kier molecular flexibility index (Phi) is 6.85. The number of benzene rings is 2. The first-order valence-electron chi connectivity index (χ1n) is 7.36. The molecule has 2 aromatic rings. The van der Waals surface area contributed by atoms with Crippen molar-refractivity contribution in [2.75, 3.05) is 17.2 Å². The molecule has 0 unspecified atom stereocenters. The van der Waals surface area contributed by atoms with E-state index in [4.69, 9.17) is 34.8 Å². The van der Waals surface area contributed by atoms with E-state index in [1.165, 1.54) is 18.2 Å². The van der Waals surface area contributed by atoms with Gasteiger partial charge in [-0.3, -0.25) is 14.4 Å². The molecule has 3 amide bonds. The molecule has 0 aromatic heterocycles. The molecule has 0 bridgehead atoms. The molecular weight excluding hydrogens is 401 g/mol. The lowest BCUT2D eigenvalue weighted by atomic mass is 10.2. The summed E-state index contributed by atoms with van der Waals surface area (Å²) >= 11 is 17.6. The average Bonchev–Trinajstić information content (AvgIpc) is 2.59. The van der Waals surface area contributed by atoms with E-state index in [0.29, 0.717) is 21.4 Å². The quantitative estimate of drug-likeness (QED) is 0.667. The molecule has 0 aliphatic rings. The fraction of sp³-hybridized carbons (Fsp3) is 0.118. The second-order valence-electron chi connectivity index (χ2n) is 5.28. The number of hydrogen-bond donors (Lipinski definition) is 3. The molecule has 0 aliphatic heterocycles. The first kappa shape index (κ1) is 20.0.